The van der Waals surface area contributed by atoms with Gasteiger partial charge in [-0.2, -0.15) is 0 Å². The Labute approximate surface area is 78.5 Å². The van der Waals surface area contributed by atoms with Crippen molar-refractivity contribution in [3.63, 3.8) is 0 Å². The van der Waals surface area contributed by atoms with Gasteiger partial charge in [0.15, 0.2) is 0 Å². The lowest BCUT2D eigenvalue weighted by Crippen LogP contribution is -2.13. The summed E-state index contributed by atoms with van der Waals surface area (Å²) in [7, 11) is 0. The predicted octanol–water partition coefficient (Wildman–Crippen LogP) is 2.46. The maximum absolute atomic E-state index is 11.4. The Morgan fingerprint density at radius 3 is 2.62 bits per heavy atom. The summed E-state index contributed by atoms with van der Waals surface area (Å²) in [5.41, 5.74) is 0.586. The first kappa shape index (κ1) is 9.78. The molecule has 69 valence electrons. The molecule has 1 atom stereocenters. The SMILES string of the molecule is [CH2]CC(C)OC(=O)c1ccccc1. The number of benzene rings is 1. The van der Waals surface area contributed by atoms with Gasteiger partial charge in [-0.05, 0) is 32.4 Å². The van der Waals surface area contributed by atoms with E-state index in [9.17, 15) is 4.79 Å². The van der Waals surface area contributed by atoms with Crippen molar-refractivity contribution in [2.75, 3.05) is 0 Å². The Hall–Kier alpha value is -1.31. The molecule has 1 aromatic carbocycles. The van der Waals surface area contributed by atoms with E-state index in [4.69, 9.17) is 4.74 Å². The van der Waals surface area contributed by atoms with Crippen molar-refractivity contribution in [3.05, 3.63) is 42.8 Å². The Morgan fingerprint density at radius 2 is 2.08 bits per heavy atom. The first-order valence-electron chi connectivity index (χ1n) is 4.29. The monoisotopic (exact) mass is 177 g/mol. The van der Waals surface area contributed by atoms with Crippen LogP contribution in [0.15, 0.2) is 30.3 Å². The van der Waals surface area contributed by atoms with Crippen LogP contribution in [0.4, 0.5) is 0 Å². The minimum Gasteiger partial charge on any atom is -0.459 e. The zero-order chi connectivity index (χ0) is 9.68. The molecule has 13 heavy (non-hydrogen) atoms. The molecule has 0 aromatic heterocycles. The molecule has 0 aliphatic heterocycles. The summed E-state index contributed by atoms with van der Waals surface area (Å²) in [6, 6.07) is 8.95. The number of carbonyl (C=O) groups excluding carboxylic acids is 1. The number of carbonyl (C=O) groups is 1. The Balaban J connectivity index is 2.59. The van der Waals surface area contributed by atoms with E-state index in [0.29, 0.717) is 12.0 Å². The molecule has 0 heterocycles. The van der Waals surface area contributed by atoms with Gasteiger partial charge in [0.25, 0.3) is 0 Å². The van der Waals surface area contributed by atoms with E-state index in [1.165, 1.54) is 0 Å². The topological polar surface area (TPSA) is 26.3 Å². The molecule has 1 rings (SSSR count). The van der Waals surface area contributed by atoms with Crippen LogP contribution in [0.3, 0.4) is 0 Å². The second-order valence-electron chi connectivity index (χ2n) is 2.87. The van der Waals surface area contributed by atoms with E-state index in [-0.39, 0.29) is 12.1 Å². The molecule has 0 saturated heterocycles. The van der Waals surface area contributed by atoms with Crippen LogP contribution in [0.25, 0.3) is 0 Å². The zero-order valence-electron chi connectivity index (χ0n) is 7.69. The summed E-state index contributed by atoms with van der Waals surface area (Å²) in [5, 5.41) is 0. The van der Waals surface area contributed by atoms with Crippen LogP contribution in [0.1, 0.15) is 23.7 Å². The van der Waals surface area contributed by atoms with Crippen LogP contribution in [-0.4, -0.2) is 12.1 Å². The highest BCUT2D eigenvalue weighted by atomic mass is 16.5. The first-order valence-corrected chi connectivity index (χ1v) is 4.29. The average Bonchev–Trinajstić information content (AvgIpc) is 2.19. The van der Waals surface area contributed by atoms with Gasteiger partial charge in [0, 0.05) is 0 Å². The van der Waals surface area contributed by atoms with Crippen LogP contribution in [0.5, 0.6) is 0 Å². The molecule has 0 aliphatic rings. The van der Waals surface area contributed by atoms with Crippen LogP contribution in [0.2, 0.25) is 0 Å². The molecule has 1 radical (unpaired) electrons. The van der Waals surface area contributed by atoms with Crippen molar-refractivity contribution in [2.45, 2.75) is 19.4 Å². The lowest BCUT2D eigenvalue weighted by molar-refractivity contribution is 0.0346. The summed E-state index contributed by atoms with van der Waals surface area (Å²) in [4.78, 5) is 11.4. The van der Waals surface area contributed by atoms with E-state index in [0.717, 1.165) is 0 Å². The molecule has 0 spiro atoms. The molecule has 0 saturated carbocycles. The second kappa shape index (κ2) is 4.65. The maximum atomic E-state index is 11.4. The van der Waals surface area contributed by atoms with Gasteiger partial charge in [0.2, 0.25) is 0 Å². The van der Waals surface area contributed by atoms with Crippen LogP contribution in [-0.2, 0) is 4.74 Å². The fourth-order valence-electron chi connectivity index (χ4n) is 0.884. The highest BCUT2D eigenvalue weighted by Gasteiger charge is 2.08. The van der Waals surface area contributed by atoms with Gasteiger partial charge in [0.05, 0.1) is 11.7 Å². The zero-order valence-corrected chi connectivity index (χ0v) is 7.69. The van der Waals surface area contributed by atoms with Gasteiger partial charge in [0.1, 0.15) is 0 Å². The van der Waals surface area contributed by atoms with Gasteiger partial charge in [-0.1, -0.05) is 18.2 Å². The van der Waals surface area contributed by atoms with Gasteiger partial charge in [-0.3, -0.25) is 0 Å². The highest BCUT2D eigenvalue weighted by Crippen LogP contribution is 2.04. The van der Waals surface area contributed by atoms with Gasteiger partial charge >= 0.3 is 5.97 Å². The second-order valence-corrected chi connectivity index (χ2v) is 2.87. The van der Waals surface area contributed by atoms with Crippen molar-refractivity contribution < 1.29 is 9.53 Å². The van der Waals surface area contributed by atoms with E-state index in [1.807, 2.05) is 25.1 Å². The van der Waals surface area contributed by atoms with Gasteiger partial charge in [-0.25, -0.2) is 4.79 Å². The third-order valence-electron chi connectivity index (χ3n) is 1.72. The lowest BCUT2D eigenvalue weighted by Gasteiger charge is -2.10. The molecule has 0 bridgehead atoms. The normalized spacial score (nSPS) is 12.2. The van der Waals surface area contributed by atoms with Crippen molar-refractivity contribution >= 4 is 5.97 Å². The first-order chi connectivity index (χ1) is 6.24. The highest BCUT2D eigenvalue weighted by molar-refractivity contribution is 5.89. The molecular formula is C11H13O2. The predicted molar refractivity (Wildman–Crippen MR) is 51.3 cm³/mol. The van der Waals surface area contributed by atoms with E-state index in [1.54, 1.807) is 12.1 Å². The minimum absolute atomic E-state index is 0.118. The fraction of sp³-hybridized carbons (Fsp3) is 0.273. The summed E-state index contributed by atoms with van der Waals surface area (Å²) < 4.78 is 5.08. The Morgan fingerprint density at radius 1 is 1.46 bits per heavy atom. The molecule has 0 N–H and O–H groups in total. The summed E-state index contributed by atoms with van der Waals surface area (Å²) in [6.45, 7) is 5.48. The largest absolute Gasteiger partial charge is 0.459 e. The molecule has 2 heteroatoms. The summed E-state index contributed by atoms with van der Waals surface area (Å²) >= 11 is 0. The van der Waals surface area contributed by atoms with Gasteiger partial charge < -0.3 is 4.74 Å². The van der Waals surface area contributed by atoms with Crippen molar-refractivity contribution in [2.24, 2.45) is 0 Å². The van der Waals surface area contributed by atoms with Crippen molar-refractivity contribution in [3.8, 4) is 0 Å². The molecule has 0 amide bonds. The lowest BCUT2D eigenvalue weighted by atomic mass is 10.2. The molecule has 2 nitrogen and oxygen atoms in total. The van der Waals surface area contributed by atoms with Crippen LogP contribution >= 0.6 is 0 Å². The van der Waals surface area contributed by atoms with E-state index >= 15 is 0 Å². The quantitative estimate of drug-likeness (QED) is 0.663. The number of rotatable bonds is 3. The molecular weight excluding hydrogens is 164 g/mol. The van der Waals surface area contributed by atoms with Crippen LogP contribution < -0.4 is 0 Å². The van der Waals surface area contributed by atoms with Crippen LogP contribution in [0, 0.1) is 6.92 Å². The minimum atomic E-state index is -0.281. The fourth-order valence-corrected chi connectivity index (χ4v) is 0.884. The molecule has 1 unspecified atom stereocenters. The maximum Gasteiger partial charge on any atom is 0.338 e. The summed E-state index contributed by atoms with van der Waals surface area (Å²) in [6.07, 6.45) is 0.478. The summed E-state index contributed by atoms with van der Waals surface area (Å²) in [5.74, 6) is -0.281. The number of hydrogen-bond acceptors (Lipinski definition) is 2. The van der Waals surface area contributed by atoms with E-state index < -0.39 is 0 Å². The molecule has 0 aliphatic carbocycles. The smallest absolute Gasteiger partial charge is 0.338 e. The Bertz CT molecular complexity index is 267. The molecule has 1 aromatic rings. The molecule has 0 fully saturated rings. The third-order valence-corrected chi connectivity index (χ3v) is 1.72. The van der Waals surface area contributed by atoms with E-state index in [2.05, 4.69) is 6.92 Å². The van der Waals surface area contributed by atoms with Gasteiger partial charge in [-0.15, -0.1) is 0 Å². The van der Waals surface area contributed by atoms with Crippen molar-refractivity contribution in [1.82, 2.24) is 0 Å². The average molecular weight is 177 g/mol. The number of hydrogen-bond donors (Lipinski definition) is 0. The number of esters is 1. The number of ether oxygens (including phenoxy) is 1. The standard InChI is InChI=1S/C11H13O2/c1-3-9(2)13-11(12)10-7-5-4-6-8-10/h4-9H,1,3H2,2H3. The Kier molecular flexibility index (Phi) is 3.50. The third kappa shape index (κ3) is 2.90. The van der Waals surface area contributed by atoms with Crippen molar-refractivity contribution in [1.29, 1.82) is 0 Å².